The summed E-state index contributed by atoms with van der Waals surface area (Å²) >= 11 is 1.51. The van der Waals surface area contributed by atoms with Gasteiger partial charge in [-0.1, -0.05) is 43.7 Å². The van der Waals surface area contributed by atoms with Gasteiger partial charge in [-0.2, -0.15) is 4.31 Å². The number of anilines is 1. The Kier molecular flexibility index (Phi) is 10.1. The van der Waals surface area contributed by atoms with E-state index in [2.05, 4.69) is 18.7 Å². The number of carbonyl (C=O) groups excluding carboxylic acids is 1. The number of carbonyl (C=O) groups is 1. The Morgan fingerprint density at radius 2 is 1.78 bits per heavy atom. The van der Waals surface area contributed by atoms with Crippen molar-refractivity contribution < 1.29 is 13.2 Å². The molecule has 0 spiro atoms. The largest absolute Gasteiger partial charge is 0.302 e. The first-order chi connectivity index (χ1) is 17.3. The van der Waals surface area contributed by atoms with Crippen LogP contribution in [0.4, 0.5) is 5.13 Å². The van der Waals surface area contributed by atoms with Crippen molar-refractivity contribution in [3.63, 3.8) is 0 Å². The predicted octanol–water partition coefficient (Wildman–Crippen LogP) is 5.58. The highest BCUT2D eigenvalue weighted by molar-refractivity contribution is 7.89. The van der Waals surface area contributed by atoms with Crippen LogP contribution >= 0.6 is 23.7 Å². The zero-order chi connectivity index (χ0) is 25.9. The molecule has 202 valence electrons. The van der Waals surface area contributed by atoms with E-state index >= 15 is 0 Å². The molecule has 2 aromatic carbocycles. The summed E-state index contributed by atoms with van der Waals surface area (Å²) < 4.78 is 29.1. The average Bonchev–Trinajstić information content (AvgIpc) is 3.32. The van der Waals surface area contributed by atoms with Crippen molar-refractivity contribution in [1.29, 1.82) is 0 Å². The van der Waals surface area contributed by atoms with Gasteiger partial charge in [-0.25, -0.2) is 13.4 Å². The number of aromatic nitrogens is 1. The van der Waals surface area contributed by atoms with Gasteiger partial charge in [0.05, 0.1) is 15.1 Å². The molecule has 1 aliphatic heterocycles. The maximum Gasteiger partial charge on any atom is 0.260 e. The SMILES string of the molecule is CCN(CC)CCN(C(=O)c1ccc(S(=O)(=O)N2CCCCC2C)cc1)c1nc2c(C)cccc2s1.Cl. The number of nitrogens with zero attached hydrogens (tertiary/aromatic N) is 4. The lowest BCUT2D eigenvalue weighted by Crippen LogP contribution is -2.42. The number of halogens is 1. The summed E-state index contributed by atoms with van der Waals surface area (Å²) in [6.07, 6.45) is 2.80. The number of fused-ring (bicyclic) bond motifs is 1. The van der Waals surface area contributed by atoms with Crippen LogP contribution in [0.15, 0.2) is 47.4 Å². The van der Waals surface area contributed by atoms with Crippen molar-refractivity contribution in [3.8, 4) is 0 Å². The molecule has 10 heteroatoms. The molecule has 0 aliphatic carbocycles. The third-order valence-electron chi connectivity index (χ3n) is 7.07. The molecule has 37 heavy (non-hydrogen) atoms. The Balaban J connectivity index is 0.00000380. The molecule has 1 fully saturated rings. The summed E-state index contributed by atoms with van der Waals surface area (Å²) in [6, 6.07) is 12.4. The molecule has 1 atom stereocenters. The molecule has 0 N–H and O–H groups in total. The van der Waals surface area contributed by atoms with Gasteiger partial charge in [0.2, 0.25) is 10.0 Å². The van der Waals surface area contributed by atoms with E-state index in [-0.39, 0.29) is 29.3 Å². The summed E-state index contributed by atoms with van der Waals surface area (Å²) in [5.74, 6) is -0.172. The second-order valence-corrected chi connectivity index (χ2v) is 12.3. The highest BCUT2D eigenvalue weighted by Gasteiger charge is 2.31. The number of sulfonamides is 1. The van der Waals surface area contributed by atoms with Crippen molar-refractivity contribution >= 4 is 55.0 Å². The van der Waals surface area contributed by atoms with E-state index in [0.717, 1.165) is 54.7 Å². The molecule has 1 saturated heterocycles. The quantitative estimate of drug-likeness (QED) is 0.339. The monoisotopic (exact) mass is 564 g/mol. The van der Waals surface area contributed by atoms with Crippen molar-refractivity contribution in [3.05, 3.63) is 53.6 Å². The van der Waals surface area contributed by atoms with Gasteiger partial charge in [0.15, 0.2) is 5.13 Å². The van der Waals surface area contributed by atoms with E-state index in [4.69, 9.17) is 4.98 Å². The molecule has 4 rings (SSSR count). The second-order valence-electron chi connectivity index (χ2n) is 9.39. The number of benzene rings is 2. The molecule has 1 amide bonds. The van der Waals surface area contributed by atoms with Crippen molar-refractivity contribution in [2.75, 3.05) is 37.6 Å². The molecule has 1 unspecified atom stereocenters. The molecule has 0 saturated carbocycles. The third kappa shape index (κ3) is 6.34. The van der Waals surface area contributed by atoms with Crippen LogP contribution in [0.25, 0.3) is 10.2 Å². The van der Waals surface area contributed by atoms with E-state index < -0.39 is 10.0 Å². The topological polar surface area (TPSA) is 73.8 Å². The van der Waals surface area contributed by atoms with Crippen LogP contribution in [0.5, 0.6) is 0 Å². The second kappa shape index (κ2) is 12.7. The first kappa shape index (κ1) is 29.5. The first-order valence-corrected chi connectivity index (χ1v) is 15.0. The standard InChI is InChI=1S/C27H36N4O3S2.ClH/c1-5-29(6-2)18-19-30(27-28-25-20(3)10-9-12-24(25)35-27)26(32)22-13-15-23(16-14-22)36(33,34)31-17-8-7-11-21(31)4;/h9-10,12-16,21H,5-8,11,17-19H2,1-4H3;1H. The minimum Gasteiger partial charge on any atom is -0.302 e. The van der Waals surface area contributed by atoms with Crippen LogP contribution < -0.4 is 4.90 Å². The fourth-order valence-corrected chi connectivity index (χ4v) is 7.51. The zero-order valence-corrected chi connectivity index (χ0v) is 24.5. The van der Waals surface area contributed by atoms with E-state index in [1.807, 2.05) is 32.0 Å². The number of piperidine rings is 1. The molecule has 1 aliphatic rings. The Bertz CT molecular complexity index is 1310. The van der Waals surface area contributed by atoms with E-state index in [1.54, 1.807) is 33.5 Å². The number of hydrogen-bond acceptors (Lipinski definition) is 6. The minimum atomic E-state index is -3.58. The Labute approximate surface area is 230 Å². The summed E-state index contributed by atoms with van der Waals surface area (Å²) in [5.41, 5.74) is 2.44. The highest BCUT2D eigenvalue weighted by Crippen LogP contribution is 2.32. The number of likely N-dealkylation sites (N-methyl/N-ethyl adjacent to an activating group) is 1. The normalized spacial score (nSPS) is 16.6. The van der Waals surface area contributed by atoms with E-state index in [0.29, 0.717) is 23.8 Å². The molecular weight excluding hydrogens is 528 g/mol. The molecule has 2 heterocycles. The molecule has 0 radical (unpaired) electrons. The minimum absolute atomic E-state index is 0. The lowest BCUT2D eigenvalue weighted by atomic mass is 10.1. The highest BCUT2D eigenvalue weighted by atomic mass is 35.5. The van der Waals surface area contributed by atoms with Crippen LogP contribution in [-0.4, -0.2) is 67.3 Å². The van der Waals surface area contributed by atoms with Gasteiger partial charge >= 0.3 is 0 Å². The van der Waals surface area contributed by atoms with Gasteiger partial charge in [0.1, 0.15) is 0 Å². The number of rotatable bonds is 9. The van der Waals surface area contributed by atoms with Crippen LogP contribution in [0.1, 0.15) is 56.0 Å². The maximum atomic E-state index is 13.7. The predicted molar refractivity (Wildman–Crippen MR) is 155 cm³/mol. The fraction of sp³-hybridized carbons (Fsp3) is 0.481. The molecule has 0 bridgehead atoms. The smallest absolute Gasteiger partial charge is 0.260 e. The van der Waals surface area contributed by atoms with E-state index in [9.17, 15) is 13.2 Å². The number of hydrogen-bond donors (Lipinski definition) is 0. The summed E-state index contributed by atoms with van der Waals surface area (Å²) in [6.45, 7) is 11.8. The lowest BCUT2D eigenvalue weighted by Gasteiger charge is -2.32. The summed E-state index contributed by atoms with van der Waals surface area (Å²) in [5, 5.41) is 0.662. The maximum absolute atomic E-state index is 13.7. The van der Waals surface area contributed by atoms with Crippen LogP contribution in [0.3, 0.4) is 0 Å². The molecule has 1 aromatic heterocycles. The van der Waals surface area contributed by atoms with Gasteiger partial charge in [-0.15, -0.1) is 12.4 Å². The van der Waals surface area contributed by atoms with Crippen molar-refractivity contribution in [1.82, 2.24) is 14.2 Å². The van der Waals surface area contributed by atoms with Gasteiger partial charge in [0, 0.05) is 31.2 Å². The zero-order valence-electron chi connectivity index (χ0n) is 22.0. The Morgan fingerprint density at radius 3 is 2.41 bits per heavy atom. The van der Waals surface area contributed by atoms with Gasteiger partial charge in [0.25, 0.3) is 5.91 Å². The number of aryl methyl sites for hydroxylation is 1. The molecular formula is C27H37ClN4O3S2. The number of para-hydroxylation sites is 1. The number of amides is 1. The van der Waals surface area contributed by atoms with Crippen LogP contribution in [0, 0.1) is 6.92 Å². The molecule has 3 aromatic rings. The summed E-state index contributed by atoms with van der Waals surface area (Å²) in [4.78, 5) is 22.8. The third-order valence-corrected chi connectivity index (χ3v) is 10.1. The van der Waals surface area contributed by atoms with E-state index in [1.165, 1.54) is 11.3 Å². The van der Waals surface area contributed by atoms with Gasteiger partial charge < -0.3 is 4.90 Å². The first-order valence-electron chi connectivity index (χ1n) is 12.8. The summed E-state index contributed by atoms with van der Waals surface area (Å²) in [7, 11) is -3.58. The lowest BCUT2D eigenvalue weighted by molar-refractivity contribution is 0.0983. The number of thiazole rings is 1. The van der Waals surface area contributed by atoms with Crippen LogP contribution in [0.2, 0.25) is 0 Å². The van der Waals surface area contributed by atoms with Crippen molar-refractivity contribution in [2.45, 2.75) is 57.9 Å². The Hall–Kier alpha value is -2.04. The average molecular weight is 565 g/mol. The van der Waals surface area contributed by atoms with Crippen molar-refractivity contribution in [2.24, 2.45) is 0 Å². The Morgan fingerprint density at radius 1 is 1.08 bits per heavy atom. The fourth-order valence-electron chi connectivity index (χ4n) is 4.74. The molecule has 7 nitrogen and oxygen atoms in total. The van der Waals surface area contributed by atoms with Crippen LogP contribution in [-0.2, 0) is 10.0 Å². The van der Waals surface area contributed by atoms with Gasteiger partial charge in [-0.05, 0) is 75.7 Å². The van der Waals surface area contributed by atoms with Gasteiger partial charge in [-0.3, -0.25) is 9.69 Å².